The first-order chi connectivity index (χ1) is 8.56. The quantitative estimate of drug-likeness (QED) is 0.818. The van der Waals surface area contributed by atoms with Crippen LogP contribution in [-0.4, -0.2) is 22.7 Å². The van der Waals surface area contributed by atoms with Gasteiger partial charge in [-0.15, -0.1) is 0 Å². The predicted molar refractivity (Wildman–Crippen MR) is 65.6 cm³/mol. The van der Waals surface area contributed by atoms with Crippen molar-refractivity contribution < 1.29 is 8.78 Å². The van der Waals surface area contributed by atoms with Crippen molar-refractivity contribution in [2.24, 2.45) is 5.92 Å². The van der Waals surface area contributed by atoms with Crippen LogP contribution in [0.2, 0.25) is 0 Å². The Morgan fingerprint density at radius 3 is 3.00 bits per heavy atom. The molecule has 0 aliphatic carbocycles. The molecule has 3 nitrogen and oxygen atoms in total. The Morgan fingerprint density at radius 1 is 1.39 bits per heavy atom. The number of hydrogen-bond acceptors (Lipinski definition) is 2. The number of benzene rings is 1. The monoisotopic (exact) mass is 251 g/mol. The maximum Gasteiger partial charge on any atom is 0.253 e. The van der Waals surface area contributed by atoms with E-state index in [-0.39, 0.29) is 12.5 Å². The average molecular weight is 251 g/mol. The van der Waals surface area contributed by atoms with Crippen molar-refractivity contribution in [1.82, 2.24) is 15.5 Å². The molecule has 1 aliphatic rings. The van der Waals surface area contributed by atoms with E-state index < -0.39 is 11.8 Å². The number of piperidine rings is 1. The number of alkyl halides is 2. The Morgan fingerprint density at radius 2 is 2.22 bits per heavy atom. The lowest BCUT2D eigenvalue weighted by Gasteiger charge is -2.35. The highest BCUT2D eigenvalue weighted by molar-refractivity contribution is 5.78. The molecule has 1 aromatic heterocycles. The van der Waals surface area contributed by atoms with E-state index in [1.54, 1.807) is 13.1 Å². The first kappa shape index (κ1) is 11.6. The lowest BCUT2D eigenvalue weighted by molar-refractivity contribution is -0.0841. The Labute approximate surface area is 104 Å². The maximum atomic E-state index is 13.7. The number of nitrogens with one attached hydrogen (secondary N) is 2. The summed E-state index contributed by atoms with van der Waals surface area (Å²) in [5.41, 5.74) is 1.82. The van der Waals surface area contributed by atoms with Crippen molar-refractivity contribution in [2.75, 3.05) is 6.54 Å². The summed E-state index contributed by atoms with van der Waals surface area (Å²) in [5, 5.41) is 10.9. The van der Waals surface area contributed by atoms with Crippen LogP contribution in [0.4, 0.5) is 8.78 Å². The molecule has 0 amide bonds. The van der Waals surface area contributed by atoms with Crippen molar-refractivity contribution in [1.29, 1.82) is 0 Å². The summed E-state index contributed by atoms with van der Waals surface area (Å²) in [7, 11) is 0. The number of hydrogen-bond donors (Lipinski definition) is 2. The van der Waals surface area contributed by atoms with E-state index in [1.165, 1.54) is 0 Å². The second-order valence-electron chi connectivity index (χ2n) is 5.04. The number of fused-ring (bicyclic) bond motifs is 1. The molecule has 5 heteroatoms. The van der Waals surface area contributed by atoms with E-state index in [1.807, 2.05) is 18.2 Å². The van der Waals surface area contributed by atoms with Crippen LogP contribution in [-0.2, 0) is 0 Å². The summed E-state index contributed by atoms with van der Waals surface area (Å²) in [6.07, 6.45) is 1.57. The third-order valence-electron chi connectivity index (χ3n) is 3.73. The molecule has 2 aromatic rings. The van der Waals surface area contributed by atoms with Crippen LogP contribution in [0, 0.1) is 5.92 Å². The fourth-order valence-electron chi connectivity index (χ4n) is 2.43. The van der Waals surface area contributed by atoms with Gasteiger partial charge in [0.15, 0.2) is 0 Å². The molecule has 0 radical (unpaired) electrons. The Bertz CT molecular complexity index is 564. The van der Waals surface area contributed by atoms with Crippen molar-refractivity contribution in [3.63, 3.8) is 0 Å². The lowest BCUT2D eigenvalue weighted by Crippen LogP contribution is -2.44. The van der Waals surface area contributed by atoms with E-state index in [4.69, 9.17) is 0 Å². The Kier molecular flexibility index (Phi) is 2.59. The fourth-order valence-corrected chi connectivity index (χ4v) is 2.43. The zero-order valence-electron chi connectivity index (χ0n) is 10.1. The molecule has 2 N–H and O–H groups in total. The van der Waals surface area contributed by atoms with Crippen LogP contribution < -0.4 is 5.32 Å². The highest BCUT2D eigenvalue weighted by Crippen LogP contribution is 2.38. The number of halogens is 2. The summed E-state index contributed by atoms with van der Waals surface area (Å²) in [4.78, 5) is 0. The van der Waals surface area contributed by atoms with Crippen LogP contribution in [0.3, 0.4) is 0 Å². The molecule has 2 atom stereocenters. The van der Waals surface area contributed by atoms with Crippen molar-refractivity contribution in [2.45, 2.75) is 25.3 Å². The van der Waals surface area contributed by atoms with Gasteiger partial charge in [-0.2, -0.15) is 5.10 Å². The van der Waals surface area contributed by atoms with Gasteiger partial charge in [0.05, 0.1) is 11.7 Å². The van der Waals surface area contributed by atoms with Gasteiger partial charge < -0.3 is 5.32 Å². The van der Waals surface area contributed by atoms with E-state index in [0.717, 1.165) is 16.5 Å². The molecule has 0 saturated carbocycles. The largest absolute Gasteiger partial charge is 0.309 e. The molecule has 1 saturated heterocycles. The molecule has 0 spiro atoms. The first-order valence-corrected chi connectivity index (χ1v) is 6.10. The van der Waals surface area contributed by atoms with Gasteiger partial charge in [0.25, 0.3) is 5.92 Å². The highest BCUT2D eigenvalue weighted by atomic mass is 19.3. The Hall–Kier alpha value is -1.49. The van der Waals surface area contributed by atoms with Crippen LogP contribution in [0.1, 0.15) is 24.9 Å². The maximum absolute atomic E-state index is 13.7. The number of aromatic nitrogens is 2. The summed E-state index contributed by atoms with van der Waals surface area (Å²) in [6.45, 7) is 1.93. The Balaban J connectivity index is 1.90. The molecule has 1 fully saturated rings. The van der Waals surface area contributed by atoms with Gasteiger partial charge >= 0.3 is 0 Å². The minimum absolute atomic E-state index is 0.141. The first-order valence-electron chi connectivity index (χ1n) is 6.10. The minimum atomic E-state index is -2.60. The molecule has 1 aliphatic heterocycles. The lowest BCUT2D eigenvalue weighted by atomic mass is 9.88. The third-order valence-corrected chi connectivity index (χ3v) is 3.73. The molecule has 1 aromatic carbocycles. The summed E-state index contributed by atoms with van der Waals surface area (Å²) < 4.78 is 27.5. The second kappa shape index (κ2) is 4.02. The second-order valence-corrected chi connectivity index (χ2v) is 5.04. The SMILES string of the molecule is C[C@@H]1CN[C@@H](c2ccc3[nH]ncc3c2)CC1(F)F. The zero-order chi connectivity index (χ0) is 12.8. The zero-order valence-corrected chi connectivity index (χ0v) is 10.1. The molecule has 2 heterocycles. The molecule has 18 heavy (non-hydrogen) atoms. The van der Waals surface area contributed by atoms with Crippen molar-refractivity contribution >= 4 is 10.9 Å². The van der Waals surface area contributed by atoms with E-state index in [0.29, 0.717) is 6.54 Å². The normalized spacial score (nSPS) is 27.5. The highest BCUT2D eigenvalue weighted by Gasteiger charge is 2.42. The predicted octanol–water partition coefficient (Wildman–Crippen LogP) is 2.87. The van der Waals surface area contributed by atoms with Crippen molar-refractivity contribution in [3.8, 4) is 0 Å². The van der Waals surface area contributed by atoms with Crippen LogP contribution in [0.5, 0.6) is 0 Å². The number of H-pyrrole nitrogens is 1. The molecular weight excluding hydrogens is 236 g/mol. The standard InChI is InChI=1S/C13H15F2N3/c1-8-6-16-12(5-13(8,14)15)9-2-3-11-10(4-9)7-17-18-11/h2-4,7-8,12,16H,5-6H2,1H3,(H,17,18)/t8-,12-/m1/s1. The molecule has 0 unspecified atom stereocenters. The molecule has 3 rings (SSSR count). The average Bonchev–Trinajstić information content (AvgIpc) is 2.79. The molecular formula is C13H15F2N3. The van der Waals surface area contributed by atoms with E-state index in [2.05, 4.69) is 15.5 Å². The fraction of sp³-hybridized carbons (Fsp3) is 0.462. The smallest absolute Gasteiger partial charge is 0.253 e. The van der Waals surface area contributed by atoms with Crippen LogP contribution in [0.25, 0.3) is 10.9 Å². The summed E-state index contributed by atoms with van der Waals surface area (Å²) in [5.74, 6) is -3.20. The topological polar surface area (TPSA) is 40.7 Å². The van der Waals surface area contributed by atoms with Crippen molar-refractivity contribution in [3.05, 3.63) is 30.0 Å². The van der Waals surface area contributed by atoms with Gasteiger partial charge in [-0.05, 0) is 17.7 Å². The number of aromatic amines is 1. The van der Waals surface area contributed by atoms with Gasteiger partial charge in [-0.3, -0.25) is 5.10 Å². The van der Waals surface area contributed by atoms with E-state index >= 15 is 0 Å². The third kappa shape index (κ3) is 1.88. The van der Waals surface area contributed by atoms with Gasteiger partial charge in [0.2, 0.25) is 0 Å². The van der Waals surface area contributed by atoms with Crippen LogP contribution in [0.15, 0.2) is 24.4 Å². The minimum Gasteiger partial charge on any atom is -0.309 e. The van der Waals surface area contributed by atoms with Gasteiger partial charge in [0.1, 0.15) is 0 Å². The number of rotatable bonds is 1. The summed E-state index contributed by atoms with van der Waals surface area (Å²) in [6, 6.07) is 5.40. The molecule has 0 bridgehead atoms. The number of nitrogens with zero attached hydrogens (tertiary/aromatic N) is 1. The molecule has 96 valence electrons. The van der Waals surface area contributed by atoms with Gasteiger partial charge in [0, 0.05) is 30.3 Å². The summed E-state index contributed by atoms with van der Waals surface area (Å²) >= 11 is 0. The van der Waals surface area contributed by atoms with E-state index in [9.17, 15) is 8.78 Å². The van der Waals surface area contributed by atoms with Gasteiger partial charge in [-0.25, -0.2) is 8.78 Å². The van der Waals surface area contributed by atoms with Crippen LogP contribution >= 0.6 is 0 Å². The van der Waals surface area contributed by atoms with Gasteiger partial charge in [-0.1, -0.05) is 13.0 Å².